The zero-order valence-electron chi connectivity index (χ0n) is 18.5. The van der Waals surface area contributed by atoms with Gasteiger partial charge in [-0.3, -0.25) is 4.79 Å². The van der Waals surface area contributed by atoms with Gasteiger partial charge in [-0.2, -0.15) is 4.31 Å². The van der Waals surface area contributed by atoms with Gasteiger partial charge in [-0.05, 0) is 81.0 Å². The molecule has 2 aromatic carbocycles. The molecule has 0 amide bonds. The summed E-state index contributed by atoms with van der Waals surface area (Å²) in [6, 6.07) is 7.85. The molecule has 0 aromatic heterocycles. The molecule has 0 radical (unpaired) electrons. The van der Waals surface area contributed by atoms with Crippen molar-refractivity contribution in [3.05, 3.63) is 63.7 Å². The van der Waals surface area contributed by atoms with E-state index in [2.05, 4.69) is 0 Å². The van der Waals surface area contributed by atoms with Gasteiger partial charge >= 0.3 is 5.97 Å². The van der Waals surface area contributed by atoms with E-state index >= 15 is 0 Å². The lowest BCUT2D eigenvalue weighted by atomic mass is 9.92. The standard InChI is InChI=1S/C24H29NO5S/c1-16-13-17(2)19(4)23(18(16)3)22(26)15-30-24(27)20-9-8-10-21(14-20)31(28,29)25-11-6-5-7-12-25/h8-10,13-14H,5-7,11-12,15H2,1-4H3. The van der Waals surface area contributed by atoms with Crippen molar-refractivity contribution in [2.75, 3.05) is 19.7 Å². The number of sulfonamides is 1. The summed E-state index contributed by atoms with van der Waals surface area (Å²) >= 11 is 0. The average molecular weight is 444 g/mol. The Kier molecular flexibility index (Phi) is 6.96. The van der Waals surface area contributed by atoms with Gasteiger partial charge < -0.3 is 4.74 Å². The van der Waals surface area contributed by atoms with Crippen LogP contribution < -0.4 is 0 Å². The zero-order chi connectivity index (χ0) is 22.8. The van der Waals surface area contributed by atoms with Crippen LogP contribution in [0.4, 0.5) is 0 Å². The maximum absolute atomic E-state index is 12.9. The average Bonchev–Trinajstić information content (AvgIpc) is 2.77. The number of piperidine rings is 1. The molecule has 0 unspecified atom stereocenters. The Bertz CT molecular complexity index is 1090. The van der Waals surface area contributed by atoms with E-state index in [1.54, 1.807) is 0 Å². The molecule has 0 spiro atoms. The number of nitrogens with zero attached hydrogens (tertiary/aromatic N) is 1. The van der Waals surface area contributed by atoms with Gasteiger partial charge in [-0.15, -0.1) is 0 Å². The third kappa shape index (κ3) is 4.88. The number of carbonyl (C=O) groups excluding carboxylic acids is 2. The molecule has 1 saturated heterocycles. The fourth-order valence-corrected chi connectivity index (χ4v) is 5.52. The highest BCUT2D eigenvalue weighted by atomic mass is 32.2. The summed E-state index contributed by atoms with van der Waals surface area (Å²) in [5, 5.41) is 0. The third-order valence-electron chi connectivity index (χ3n) is 6.00. The number of ether oxygens (including phenoxy) is 1. The predicted molar refractivity (Wildman–Crippen MR) is 119 cm³/mol. The van der Waals surface area contributed by atoms with Crippen LogP contribution in [0.1, 0.15) is 62.2 Å². The fraction of sp³-hybridized carbons (Fsp3) is 0.417. The highest BCUT2D eigenvalue weighted by Gasteiger charge is 2.27. The first-order valence-corrected chi connectivity index (χ1v) is 11.9. The van der Waals surface area contributed by atoms with Crippen molar-refractivity contribution in [3.63, 3.8) is 0 Å². The Labute approximate surface area is 184 Å². The van der Waals surface area contributed by atoms with Crippen LogP contribution in [0, 0.1) is 27.7 Å². The summed E-state index contributed by atoms with van der Waals surface area (Å²) in [7, 11) is -3.65. The Balaban J connectivity index is 1.75. The number of rotatable bonds is 6. The fourth-order valence-electron chi connectivity index (χ4n) is 3.96. The number of ketones is 1. The molecule has 6 nitrogen and oxygen atoms in total. The van der Waals surface area contributed by atoms with Crippen LogP contribution in [0.5, 0.6) is 0 Å². The minimum Gasteiger partial charge on any atom is -0.454 e. The van der Waals surface area contributed by atoms with Gasteiger partial charge in [-0.1, -0.05) is 18.6 Å². The van der Waals surface area contributed by atoms with E-state index in [1.165, 1.54) is 28.6 Å². The molecule has 7 heteroatoms. The minimum absolute atomic E-state index is 0.0659. The molecule has 0 aliphatic carbocycles. The smallest absolute Gasteiger partial charge is 0.338 e. The third-order valence-corrected chi connectivity index (χ3v) is 7.90. The van der Waals surface area contributed by atoms with E-state index in [0.29, 0.717) is 18.7 Å². The van der Waals surface area contributed by atoms with Crippen LogP contribution in [0.25, 0.3) is 0 Å². The predicted octanol–water partition coefficient (Wildman–Crippen LogP) is 4.13. The summed E-state index contributed by atoms with van der Waals surface area (Å²) < 4.78 is 32.4. The number of benzene rings is 2. The highest BCUT2D eigenvalue weighted by molar-refractivity contribution is 7.89. The van der Waals surface area contributed by atoms with E-state index in [0.717, 1.165) is 41.5 Å². The second-order valence-electron chi connectivity index (χ2n) is 8.13. The Morgan fingerprint density at radius 3 is 2.16 bits per heavy atom. The van der Waals surface area contributed by atoms with Gasteiger partial charge in [0.1, 0.15) is 0 Å². The van der Waals surface area contributed by atoms with Crippen LogP contribution in [0.3, 0.4) is 0 Å². The van der Waals surface area contributed by atoms with E-state index in [9.17, 15) is 18.0 Å². The second-order valence-corrected chi connectivity index (χ2v) is 10.1. The quantitative estimate of drug-likeness (QED) is 0.495. The van der Waals surface area contributed by atoms with E-state index in [4.69, 9.17) is 4.74 Å². The molecule has 3 rings (SSSR count). The van der Waals surface area contributed by atoms with Crippen LogP contribution in [0.15, 0.2) is 35.2 Å². The van der Waals surface area contributed by atoms with Gasteiger partial charge in [0.25, 0.3) is 0 Å². The topological polar surface area (TPSA) is 80.8 Å². The summed E-state index contributed by atoms with van der Waals surface area (Å²) in [4.78, 5) is 25.4. The maximum atomic E-state index is 12.9. The van der Waals surface area contributed by atoms with E-state index in [1.807, 2.05) is 33.8 Å². The molecule has 0 N–H and O–H groups in total. The monoisotopic (exact) mass is 443 g/mol. The lowest BCUT2D eigenvalue weighted by Crippen LogP contribution is -2.35. The van der Waals surface area contributed by atoms with Crippen molar-refractivity contribution >= 4 is 21.8 Å². The van der Waals surface area contributed by atoms with Gasteiger partial charge in [0.2, 0.25) is 15.8 Å². The van der Waals surface area contributed by atoms with E-state index < -0.39 is 22.6 Å². The zero-order valence-corrected chi connectivity index (χ0v) is 19.3. The number of hydrogen-bond donors (Lipinski definition) is 0. The van der Waals surface area contributed by atoms with Gasteiger partial charge in [-0.25, -0.2) is 13.2 Å². The normalized spacial score (nSPS) is 15.0. The van der Waals surface area contributed by atoms with Crippen molar-refractivity contribution in [1.29, 1.82) is 0 Å². The number of carbonyl (C=O) groups is 2. The minimum atomic E-state index is -3.65. The number of aryl methyl sites for hydroxylation is 2. The molecule has 31 heavy (non-hydrogen) atoms. The van der Waals surface area contributed by atoms with Crippen molar-refractivity contribution in [3.8, 4) is 0 Å². The van der Waals surface area contributed by atoms with Gasteiger partial charge in [0.15, 0.2) is 6.61 Å². The SMILES string of the molecule is Cc1cc(C)c(C)c(C(=O)COC(=O)c2cccc(S(=O)(=O)N3CCCCC3)c2)c1C. The maximum Gasteiger partial charge on any atom is 0.338 e. The van der Waals surface area contributed by atoms with Gasteiger partial charge in [0.05, 0.1) is 10.5 Å². The van der Waals surface area contributed by atoms with Crippen molar-refractivity contribution in [2.45, 2.75) is 51.9 Å². The van der Waals surface area contributed by atoms with Crippen LogP contribution >= 0.6 is 0 Å². The molecule has 1 fully saturated rings. The summed E-state index contributed by atoms with van der Waals surface area (Å²) in [6.45, 7) is 8.22. The van der Waals surface area contributed by atoms with E-state index in [-0.39, 0.29) is 16.2 Å². The molecular weight excluding hydrogens is 414 g/mol. The number of Topliss-reactive ketones (excluding diaryl/α,β-unsaturated/α-hetero) is 1. The van der Waals surface area contributed by atoms with Crippen molar-refractivity contribution in [1.82, 2.24) is 4.31 Å². The molecule has 2 aromatic rings. The summed E-state index contributed by atoms with van der Waals surface area (Å²) in [6.07, 6.45) is 2.69. The summed E-state index contributed by atoms with van der Waals surface area (Å²) in [5.74, 6) is -0.990. The van der Waals surface area contributed by atoms with Gasteiger partial charge in [0, 0.05) is 18.7 Å². The summed E-state index contributed by atoms with van der Waals surface area (Å²) in [5.41, 5.74) is 4.45. The molecule has 0 bridgehead atoms. The van der Waals surface area contributed by atoms with Crippen LogP contribution in [-0.4, -0.2) is 44.2 Å². The molecule has 0 saturated carbocycles. The molecule has 1 heterocycles. The Morgan fingerprint density at radius 2 is 1.55 bits per heavy atom. The number of hydrogen-bond acceptors (Lipinski definition) is 5. The Hall–Kier alpha value is -2.51. The van der Waals surface area contributed by atoms with Crippen molar-refractivity contribution < 1.29 is 22.7 Å². The first-order chi connectivity index (χ1) is 14.6. The van der Waals surface area contributed by atoms with Crippen LogP contribution in [0.2, 0.25) is 0 Å². The molecular formula is C24H29NO5S. The molecule has 0 atom stereocenters. The molecule has 1 aliphatic rings. The first kappa shape index (κ1) is 23.2. The second kappa shape index (κ2) is 9.32. The lowest BCUT2D eigenvalue weighted by Gasteiger charge is -2.25. The highest BCUT2D eigenvalue weighted by Crippen LogP contribution is 2.23. The first-order valence-electron chi connectivity index (χ1n) is 10.5. The van der Waals surface area contributed by atoms with Crippen LogP contribution in [-0.2, 0) is 14.8 Å². The molecule has 166 valence electrons. The molecule has 1 aliphatic heterocycles. The largest absolute Gasteiger partial charge is 0.454 e. The lowest BCUT2D eigenvalue weighted by molar-refractivity contribution is 0.0474. The van der Waals surface area contributed by atoms with Crippen molar-refractivity contribution in [2.24, 2.45) is 0 Å². The number of esters is 1. The Morgan fingerprint density at radius 1 is 0.935 bits per heavy atom.